The van der Waals surface area contributed by atoms with Crippen molar-refractivity contribution in [2.24, 2.45) is 11.8 Å². The first-order valence-electron chi connectivity index (χ1n) is 11.0. The second-order valence-electron chi connectivity index (χ2n) is 8.79. The zero-order valence-corrected chi connectivity index (χ0v) is 20.0. The molecule has 7 heteroatoms. The fourth-order valence-electron chi connectivity index (χ4n) is 4.47. The van der Waals surface area contributed by atoms with Crippen molar-refractivity contribution >= 4 is 45.0 Å². The highest BCUT2D eigenvalue weighted by molar-refractivity contribution is 9.10. The van der Waals surface area contributed by atoms with Gasteiger partial charge in [0.2, 0.25) is 17.7 Å². The number of carbonyl (C=O) groups is 3. The van der Waals surface area contributed by atoms with E-state index in [4.69, 9.17) is 0 Å². The summed E-state index contributed by atoms with van der Waals surface area (Å²) in [5.74, 6) is -0.415. The third kappa shape index (κ3) is 4.88. The fraction of sp³-hybridized carbons (Fsp3) is 0.400. The van der Waals surface area contributed by atoms with Crippen LogP contribution in [0, 0.1) is 25.7 Å². The van der Waals surface area contributed by atoms with Gasteiger partial charge in [0.25, 0.3) is 0 Å². The number of nitrogens with zero attached hydrogens (tertiary/aromatic N) is 2. The molecule has 2 saturated heterocycles. The normalized spacial score (nSPS) is 19.3. The first kappa shape index (κ1) is 22.5. The summed E-state index contributed by atoms with van der Waals surface area (Å²) in [6, 6.07) is 13.6. The number of halogens is 1. The average molecular weight is 498 g/mol. The Hall–Kier alpha value is -2.67. The standard InChI is InChI=1S/C25H28BrN3O3/c1-16-3-6-21(7-4-16)29-15-19(14-23(29)30)25(32)28-11-9-18(10-12-28)24(31)27-22-8-5-20(26)13-17(22)2/h3-8,13,18-19H,9-12,14-15H2,1-2H3,(H,27,31)/t19-/m0/s1. The van der Waals surface area contributed by atoms with Crippen LogP contribution in [0.4, 0.5) is 11.4 Å². The predicted molar refractivity (Wildman–Crippen MR) is 128 cm³/mol. The maximum atomic E-state index is 13.1. The van der Waals surface area contributed by atoms with Crippen LogP contribution in [0.1, 0.15) is 30.4 Å². The Bertz CT molecular complexity index is 1030. The Labute approximate surface area is 197 Å². The fourth-order valence-corrected chi connectivity index (χ4v) is 4.95. The van der Waals surface area contributed by atoms with Crippen LogP contribution in [0.5, 0.6) is 0 Å². The number of aryl methyl sites for hydroxylation is 2. The molecule has 32 heavy (non-hydrogen) atoms. The van der Waals surface area contributed by atoms with Gasteiger partial charge in [-0.2, -0.15) is 0 Å². The van der Waals surface area contributed by atoms with Gasteiger partial charge in [0.1, 0.15) is 0 Å². The lowest BCUT2D eigenvalue weighted by Crippen LogP contribution is -2.44. The minimum atomic E-state index is -0.320. The highest BCUT2D eigenvalue weighted by Crippen LogP contribution is 2.29. The molecule has 2 aromatic rings. The van der Waals surface area contributed by atoms with Crippen molar-refractivity contribution in [3.05, 3.63) is 58.1 Å². The molecule has 2 aliphatic heterocycles. The summed E-state index contributed by atoms with van der Waals surface area (Å²) in [4.78, 5) is 41.8. The molecule has 0 aliphatic carbocycles. The molecular formula is C25H28BrN3O3. The molecule has 2 heterocycles. The maximum absolute atomic E-state index is 13.1. The van der Waals surface area contributed by atoms with Crippen LogP contribution < -0.4 is 10.2 Å². The summed E-state index contributed by atoms with van der Waals surface area (Å²) >= 11 is 3.44. The number of carbonyl (C=O) groups excluding carboxylic acids is 3. The molecule has 2 aromatic carbocycles. The van der Waals surface area contributed by atoms with E-state index in [1.165, 1.54) is 0 Å². The zero-order chi connectivity index (χ0) is 22.8. The lowest BCUT2D eigenvalue weighted by Gasteiger charge is -2.33. The lowest BCUT2D eigenvalue weighted by atomic mass is 9.94. The summed E-state index contributed by atoms with van der Waals surface area (Å²) in [6.45, 7) is 5.48. The van der Waals surface area contributed by atoms with Gasteiger partial charge in [-0.25, -0.2) is 0 Å². The molecule has 4 rings (SSSR count). The number of nitrogens with one attached hydrogen (secondary N) is 1. The van der Waals surface area contributed by atoms with E-state index >= 15 is 0 Å². The van der Waals surface area contributed by atoms with Crippen molar-refractivity contribution in [1.29, 1.82) is 0 Å². The number of benzene rings is 2. The van der Waals surface area contributed by atoms with Crippen molar-refractivity contribution in [3.63, 3.8) is 0 Å². The van der Waals surface area contributed by atoms with E-state index in [1.54, 1.807) is 4.90 Å². The number of amides is 3. The monoisotopic (exact) mass is 497 g/mol. The van der Waals surface area contributed by atoms with Gasteiger partial charge in [-0.05, 0) is 62.6 Å². The molecule has 0 bridgehead atoms. The Morgan fingerprint density at radius 1 is 1.00 bits per heavy atom. The number of piperidine rings is 1. The first-order chi connectivity index (χ1) is 15.3. The van der Waals surface area contributed by atoms with Gasteiger partial charge in [0.15, 0.2) is 0 Å². The van der Waals surface area contributed by atoms with E-state index in [2.05, 4.69) is 21.2 Å². The molecule has 0 aromatic heterocycles. The van der Waals surface area contributed by atoms with E-state index in [0.717, 1.165) is 27.0 Å². The van der Waals surface area contributed by atoms with Crippen LogP contribution in [0.15, 0.2) is 46.9 Å². The highest BCUT2D eigenvalue weighted by atomic mass is 79.9. The number of likely N-dealkylation sites (tertiary alicyclic amines) is 1. The number of hydrogen-bond acceptors (Lipinski definition) is 3. The third-order valence-corrected chi connectivity index (χ3v) is 6.94. The van der Waals surface area contributed by atoms with Crippen LogP contribution in [-0.4, -0.2) is 42.3 Å². The molecule has 0 unspecified atom stereocenters. The Balaban J connectivity index is 1.31. The van der Waals surface area contributed by atoms with Crippen LogP contribution >= 0.6 is 15.9 Å². The third-order valence-electron chi connectivity index (χ3n) is 6.44. The van der Waals surface area contributed by atoms with Gasteiger partial charge in [-0.3, -0.25) is 14.4 Å². The number of anilines is 2. The van der Waals surface area contributed by atoms with E-state index in [0.29, 0.717) is 32.5 Å². The lowest BCUT2D eigenvalue weighted by molar-refractivity contribution is -0.138. The van der Waals surface area contributed by atoms with Gasteiger partial charge >= 0.3 is 0 Å². The van der Waals surface area contributed by atoms with Crippen molar-refractivity contribution in [1.82, 2.24) is 4.90 Å². The highest BCUT2D eigenvalue weighted by Gasteiger charge is 2.38. The van der Waals surface area contributed by atoms with Crippen molar-refractivity contribution in [3.8, 4) is 0 Å². The molecule has 6 nitrogen and oxygen atoms in total. The Morgan fingerprint density at radius 3 is 2.34 bits per heavy atom. The van der Waals surface area contributed by atoms with Gasteiger partial charge < -0.3 is 15.1 Å². The minimum Gasteiger partial charge on any atom is -0.342 e. The molecule has 0 saturated carbocycles. The van der Waals surface area contributed by atoms with Gasteiger partial charge in [-0.15, -0.1) is 0 Å². The molecule has 0 spiro atoms. The molecule has 168 valence electrons. The molecule has 1 N–H and O–H groups in total. The van der Waals surface area contributed by atoms with Crippen LogP contribution in [0.2, 0.25) is 0 Å². The summed E-state index contributed by atoms with van der Waals surface area (Å²) in [6.07, 6.45) is 1.51. The second kappa shape index (κ2) is 9.45. The Kier molecular flexibility index (Phi) is 6.65. The topological polar surface area (TPSA) is 69.7 Å². The summed E-state index contributed by atoms with van der Waals surface area (Å²) in [7, 11) is 0. The molecule has 1 atom stereocenters. The second-order valence-corrected chi connectivity index (χ2v) is 9.70. The molecular weight excluding hydrogens is 470 g/mol. The summed E-state index contributed by atoms with van der Waals surface area (Å²) in [5, 5.41) is 3.03. The van der Waals surface area contributed by atoms with E-state index in [1.807, 2.05) is 61.2 Å². The van der Waals surface area contributed by atoms with Crippen LogP contribution in [0.3, 0.4) is 0 Å². The summed E-state index contributed by atoms with van der Waals surface area (Å²) in [5.41, 5.74) is 3.80. The quantitative estimate of drug-likeness (QED) is 0.684. The zero-order valence-electron chi connectivity index (χ0n) is 18.4. The first-order valence-corrected chi connectivity index (χ1v) is 11.8. The van der Waals surface area contributed by atoms with Crippen LogP contribution in [0.25, 0.3) is 0 Å². The van der Waals surface area contributed by atoms with Gasteiger partial charge in [0.05, 0.1) is 5.92 Å². The van der Waals surface area contributed by atoms with Gasteiger partial charge in [-0.1, -0.05) is 33.6 Å². The largest absolute Gasteiger partial charge is 0.342 e. The van der Waals surface area contributed by atoms with E-state index in [-0.39, 0.29) is 36.0 Å². The maximum Gasteiger partial charge on any atom is 0.228 e. The van der Waals surface area contributed by atoms with Gasteiger partial charge in [0, 0.05) is 47.8 Å². The smallest absolute Gasteiger partial charge is 0.228 e. The summed E-state index contributed by atoms with van der Waals surface area (Å²) < 4.78 is 0.978. The molecule has 2 aliphatic rings. The van der Waals surface area contributed by atoms with E-state index in [9.17, 15) is 14.4 Å². The minimum absolute atomic E-state index is 0.00381. The molecule has 2 fully saturated rings. The van der Waals surface area contributed by atoms with Crippen molar-refractivity contribution < 1.29 is 14.4 Å². The van der Waals surface area contributed by atoms with Crippen molar-refractivity contribution in [2.75, 3.05) is 29.9 Å². The average Bonchev–Trinajstić information content (AvgIpc) is 3.17. The number of hydrogen-bond donors (Lipinski definition) is 1. The Morgan fingerprint density at radius 2 is 1.69 bits per heavy atom. The van der Waals surface area contributed by atoms with E-state index < -0.39 is 0 Å². The number of rotatable bonds is 4. The molecule has 0 radical (unpaired) electrons. The molecule has 3 amide bonds. The SMILES string of the molecule is Cc1ccc(N2C[C@@H](C(=O)N3CCC(C(=O)Nc4ccc(Br)cc4C)CC3)CC2=O)cc1. The predicted octanol–water partition coefficient (Wildman–Crippen LogP) is 4.30. The van der Waals surface area contributed by atoms with Crippen molar-refractivity contribution in [2.45, 2.75) is 33.1 Å². The van der Waals surface area contributed by atoms with Crippen LogP contribution in [-0.2, 0) is 14.4 Å².